The number of ether oxygens (including phenoxy) is 1. The van der Waals surface area contributed by atoms with E-state index in [1.165, 1.54) is 0 Å². The van der Waals surface area contributed by atoms with E-state index < -0.39 is 0 Å². The summed E-state index contributed by atoms with van der Waals surface area (Å²) < 4.78 is 5.57. The molecule has 0 aliphatic rings. The molecule has 1 unspecified atom stereocenters. The first kappa shape index (κ1) is 15.5. The maximum absolute atomic E-state index is 11.7. The van der Waals surface area contributed by atoms with Gasteiger partial charge in [0.15, 0.2) is 6.61 Å². The smallest absolute Gasteiger partial charge is 0.258 e. The van der Waals surface area contributed by atoms with E-state index in [-0.39, 0.29) is 24.6 Å². The van der Waals surface area contributed by atoms with Gasteiger partial charge in [0.25, 0.3) is 5.91 Å². The van der Waals surface area contributed by atoms with E-state index in [4.69, 9.17) is 10.5 Å². The molecule has 0 saturated carbocycles. The largest absolute Gasteiger partial charge is 0.483 e. The Kier molecular flexibility index (Phi) is 5.83. The van der Waals surface area contributed by atoms with Gasteiger partial charge >= 0.3 is 0 Å². The number of nitrogens with two attached hydrogens (primary N) is 1. The molecule has 1 aromatic rings. The molecule has 0 aliphatic heterocycles. The lowest BCUT2D eigenvalue weighted by atomic mass is 10.1. The zero-order chi connectivity index (χ0) is 14.4. The number of aryl methyl sites for hydroxylation is 1. The molecule has 0 saturated heterocycles. The van der Waals surface area contributed by atoms with Crippen molar-refractivity contribution >= 4 is 5.91 Å². The van der Waals surface area contributed by atoms with E-state index >= 15 is 0 Å². The number of carbonyl (C=O) groups is 1. The molecule has 0 fully saturated rings. The van der Waals surface area contributed by atoms with Crippen molar-refractivity contribution in [1.82, 2.24) is 5.32 Å². The lowest BCUT2D eigenvalue weighted by Gasteiger charge is -2.16. The second-order valence-corrected chi connectivity index (χ2v) is 5.00. The van der Waals surface area contributed by atoms with Gasteiger partial charge < -0.3 is 15.8 Å². The summed E-state index contributed by atoms with van der Waals surface area (Å²) in [5, 5.41) is 2.86. The molecule has 0 aliphatic carbocycles. The Labute approximate surface area is 115 Å². The van der Waals surface area contributed by atoms with Gasteiger partial charge in [-0.15, -0.1) is 0 Å². The van der Waals surface area contributed by atoms with Crippen molar-refractivity contribution in [3.05, 3.63) is 29.3 Å². The van der Waals surface area contributed by atoms with Gasteiger partial charge in [-0.3, -0.25) is 4.79 Å². The summed E-state index contributed by atoms with van der Waals surface area (Å²) >= 11 is 0. The average molecular weight is 264 g/mol. The quantitative estimate of drug-likeness (QED) is 0.828. The van der Waals surface area contributed by atoms with Crippen molar-refractivity contribution in [2.45, 2.75) is 46.2 Å². The molecule has 19 heavy (non-hydrogen) atoms. The summed E-state index contributed by atoms with van der Waals surface area (Å²) in [6.07, 6.45) is 0.904. The van der Waals surface area contributed by atoms with Gasteiger partial charge in [-0.25, -0.2) is 0 Å². The first-order chi connectivity index (χ1) is 8.93. The average Bonchev–Trinajstić information content (AvgIpc) is 2.36. The first-order valence-electron chi connectivity index (χ1n) is 6.72. The lowest BCUT2D eigenvalue weighted by molar-refractivity contribution is -0.123. The van der Waals surface area contributed by atoms with Gasteiger partial charge in [0.05, 0.1) is 0 Å². The maximum Gasteiger partial charge on any atom is 0.258 e. The molecule has 4 nitrogen and oxygen atoms in total. The Bertz CT molecular complexity index is 430. The van der Waals surface area contributed by atoms with E-state index in [0.717, 1.165) is 17.5 Å². The van der Waals surface area contributed by atoms with Crippen LogP contribution in [0.4, 0.5) is 0 Å². The second-order valence-electron chi connectivity index (χ2n) is 5.00. The molecule has 1 amide bonds. The number of amides is 1. The fourth-order valence-corrected chi connectivity index (χ4v) is 1.72. The molecule has 0 spiro atoms. The summed E-state index contributed by atoms with van der Waals surface area (Å²) in [7, 11) is 0. The zero-order valence-electron chi connectivity index (χ0n) is 12.2. The van der Waals surface area contributed by atoms with Gasteiger partial charge in [-0.05, 0) is 33.3 Å². The summed E-state index contributed by atoms with van der Waals surface area (Å²) in [5.41, 5.74) is 7.97. The van der Waals surface area contributed by atoms with Gasteiger partial charge in [0.1, 0.15) is 5.75 Å². The van der Waals surface area contributed by atoms with E-state index in [0.29, 0.717) is 5.75 Å². The molecule has 0 radical (unpaired) electrons. The third-order valence-corrected chi connectivity index (χ3v) is 3.03. The Morgan fingerprint density at radius 1 is 1.42 bits per heavy atom. The number of benzene rings is 1. The van der Waals surface area contributed by atoms with Crippen molar-refractivity contribution in [2.75, 3.05) is 6.61 Å². The highest BCUT2D eigenvalue weighted by atomic mass is 16.5. The van der Waals surface area contributed by atoms with Gasteiger partial charge in [0.2, 0.25) is 0 Å². The normalized spacial score (nSPS) is 13.7. The van der Waals surface area contributed by atoms with Crippen molar-refractivity contribution in [2.24, 2.45) is 5.73 Å². The van der Waals surface area contributed by atoms with Crippen molar-refractivity contribution in [3.63, 3.8) is 0 Å². The van der Waals surface area contributed by atoms with Crippen LogP contribution >= 0.6 is 0 Å². The van der Waals surface area contributed by atoms with Crippen LogP contribution in [0.3, 0.4) is 0 Å². The Balaban J connectivity index is 2.65. The number of rotatable bonds is 6. The Hall–Kier alpha value is -1.55. The van der Waals surface area contributed by atoms with E-state index in [1.807, 2.05) is 45.9 Å². The van der Waals surface area contributed by atoms with Gasteiger partial charge in [0, 0.05) is 17.6 Å². The highest BCUT2D eigenvalue weighted by molar-refractivity contribution is 5.77. The third kappa shape index (κ3) is 4.91. The predicted molar refractivity (Wildman–Crippen MR) is 77.2 cm³/mol. The molecule has 0 aromatic heterocycles. The van der Waals surface area contributed by atoms with Crippen LogP contribution in [0.5, 0.6) is 5.75 Å². The van der Waals surface area contributed by atoms with Crippen LogP contribution < -0.4 is 15.8 Å². The van der Waals surface area contributed by atoms with Gasteiger partial charge in [-0.1, -0.05) is 24.6 Å². The molecule has 0 bridgehead atoms. The number of hydrogen-bond acceptors (Lipinski definition) is 3. The fourth-order valence-electron chi connectivity index (χ4n) is 1.72. The summed E-state index contributed by atoms with van der Waals surface area (Å²) in [4.78, 5) is 11.7. The molecule has 106 valence electrons. The van der Waals surface area contributed by atoms with Gasteiger partial charge in [-0.2, -0.15) is 0 Å². The molecular weight excluding hydrogens is 240 g/mol. The van der Waals surface area contributed by atoms with Crippen molar-refractivity contribution in [3.8, 4) is 5.75 Å². The highest BCUT2D eigenvalue weighted by Crippen LogP contribution is 2.24. The highest BCUT2D eigenvalue weighted by Gasteiger charge is 2.11. The van der Waals surface area contributed by atoms with Crippen LogP contribution in [0, 0.1) is 6.92 Å². The van der Waals surface area contributed by atoms with Crippen molar-refractivity contribution < 1.29 is 9.53 Å². The molecular formula is C15H24N2O2. The molecule has 1 rings (SSSR count). The fraction of sp³-hybridized carbons (Fsp3) is 0.533. The minimum absolute atomic E-state index is 0.0210. The number of hydrogen-bond donors (Lipinski definition) is 2. The monoisotopic (exact) mass is 264 g/mol. The van der Waals surface area contributed by atoms with Crippen molar-refractivity contribution in [1.29, 1.82) is 0 Å². The minimum Gasteiger partial charge on any atom is -0.483 e. The van der Waals surface area contributed by atoms with Crippen LogP contribution in [0.15, 0.2) is 18.2 Å². The maximum atomic E-state index is 11.7. The number of carbonyl (C=O) groups excluding carboxylic acids is 1. The van der Waals surface area contributed by atoms with Crippen LogP contribution in [-0.2, 0) is 4.79 Å². The summed E-state index contributed by atoms with van der Waals surface area (Å²) in [6.45, 7) is 7.93. The summed E-state index contributed by atoms with van der Waals surface area (Å²) in [6, 6.07) is 5.86. The molecule has 2 atom stereocenters. The number of nitrogens with one attached hydrogen (secondary N) is 1. The SMILES string of the molecule is CCC(C)NC(=O)COc1ccc(C)cc1[C@H](C)N. The summed E-state index contributed by atoms with van der Waals surface area (Å²) in [5.74, 6) is 0.574. The van der Waals surface area contributed by atoms with Crippen LogP contribution in [-0.4, -0.2) is 18.6 Å². The molecule has 3 N–H and O–H groups in total. The molecule has 1 aromatic carbocycles. The minimum atomic E-state index is -0.118. The standard InChI is InChI=1S/C15H24N2O2/c1-5-11(3)17-15(18)9-19-14-7-6-10(2)8-13(14)12(4)16/h6-8,11-12H,5,9,16H2,1-4H3,(H,17,18)/t11?,12-/m0/s1. The zero-order valence-corrected chi connectivity index (χ0v) is 12.2. The lowest BCUT2D eigenvalue weighted by Crippen LogP contribution is -2.35. The van der Waals surface area contributed by atoms with E-state index in [2.05, 4.69) is 5.32 Å². The predicted octanol–water partition coefficient (Wildman–Crippen LogP) is 2.31. The third-order valence-electron chi connectivity index (χ3n) is 3.03. The van der Waals surface area contributed by atoms with E-state index in [9.17, 15) is 4.79 Å². The molecule has 0 heterocycles. The Morgan fingerprint density at radius 3 is 2.68 bits per heavy atom. The second kappa shape index (κ2) is 7.14. The van der Waals surface area contributed by atoms with Crippen LogP contribution in [0.1, 0.15) is 44.4 Å². The Morgan fingerprint density at radius 2 is 2.11 bits per heavy atom. The van der Waals surface area contributed by atoms with E-state index in [1.54, 1.807) is 0 Å². The first-order valence-corrected chi connectivity index (χ1v) is 6.72. The molecule has 4 heteroatoms. The van der Waals surface area contributed by atoms with Crippen LogP contribution in [0.2, 0.25) is 0 Å². The van der Waals surface area contributed by atoms with Crippen LogP contribution in [0.25, 0.3) is 0 Å². The topological polar surface area (TPSA) is 64.3 Å².